The van der Waals surface area contributed by atoms with E-state index < -0.39 is 15.9 Å². The van der Waals surface area contributed by atoms with Crippen LogP contribution in [-0.4, -0.2) is 63.1 Å². The number of hydrogen-bond acceptors (Lipinski definition) is 5. The van der Waals surface area contributed by atoms with Crippen molar-refractivity contribution in [2.45, 2.75) is 4.90 Å². The Bertz CT molecular complexity index is 614. The lowest BCUT2D eigenvalue weighted by atomic mass is 10.3. The Morgan fingerprint density at radius 2 is 1.96 bits per heavy atom. The first kappa shape index (κ1) is 22.2. The van der Waals surface area contributed by atoms with Gasteiger partial charge in [-0.1, -0.05) is 0 Å². The Balaban J connectivity index is 0.00000242. The predicted octanol–water partition coefficient (Wildman–Crippen LogP) is -0.849. The van der Waals surface area contributed by atoms with Crippen LogP contribution in [0.25, 0.3) is 0 Å². The summed E-state index contributed by atoms with van der Waals surface area (Å²) in [6, 6.07) is 1.29. The maximum absolute atomic E-state index is 12.2. The molecule has 2 rings (SSSR count). The van der Waals surface area contributed by atoms with Crippen LogP contribution in [0.1, 0.15) is 10.5 Å². The third kappa shape index (κ3) is 5.94. The SMILES string of the molecule is Cl.Cl.Cn1cc(S(=O)(=O)NCCN2CCNCC2)cc1C(N)=O. The second kappa shape index (κ2) is 9.45. The van der Waals surface area contributed by atoms with Gasteiger partial charge in [0.1, 0.15) is 10.6 Å². The van der Waals surface area contributed by atoms with Crippen molar-refractivity contribution < 1.29 is 13.2 Å². The van der Waals surface area contributed by atoms with E-state index in [0.717, 1.165) is 26.2 Å². The molecule has 0 aromatic carbocycles. The van der Waals surface area contributed by atoms with Gasteiger partial charge in [0.25, 0.3) is 5.91 Å². The number of nitrogens with zero attached hydrogens (tertiary/aromatic N) is 2. The average molecular weight is 388 g/mol. The van der Waals surface area contributed by atoms with Crippen molar-refractivity contribution in [2.24, 2.45) is 12.8 Å². The third-order valence-electron chi connectivity index (χ3n) is 3.47. The molecule has 23 heavy (non-hydrogen) atoms. The Labute approximate surface area is 148 Å². The van der Waals surface area contributed by atoms with Gasteiger partial charge in [0.2, 0.25) is 10.0 Å². The first-order valence-electron chi connectivity index (χ1n) is 6.79. The van der Waals surface area contributed by atoms with E-state index in [1.165, 1.54) is 16.8 Å². The number of carbonyl (C=O) groups is 1. The van der Waals surface area contributed by atoms with Crippen molar-refractivity contribution in [2.75, 3.05) is 39.3 Å². The highest BCUT2D eigenvalue weighted by molar-refractivity contribution is 7.89. The highest BCUT2D eigenvalue weighted by Crippen LogP contribution is 2.12. The summed E-state index contributed by atoms with van der Waals surface area (Å²) in [7, 11) is -2.03. The number of nitrogens with one attached hydrogen (secondary N) is 2. The van der Waals surface area contributed by atoms with Crippen LogP contribution in [0.2, 0.25) is 0 Å². The van der Waals surface area contributed by atoms with Crippen molar-refractivity contribution in [3.63, 3.8) is 0 Å². The molecule has 4 N–H and O–H groups in total. The molecule has 1 aliphatic rings. The summed E-state index contributed by atoms with van der Waals surface area (Å²) in [6.45, 7) is 4.68. The maximum Gasteiger partial charge on any atom is 0.265 e. The number of amides is 1. The van der Waals surface area contributed by atoms with E-state index in [-0.39, 0.29) is 35.4 Å². The molecule has 11 heteroatoms. The van der Waals surface area contributed by atoms with Crippen LogP contribution in [0, 0.1) is 0 Å². The molecule has 0 bridgehead atoms. The lowest BCUT2D eigenvalue weighted by Gasteiger charge is -2.26. The first-order chi connectivity index (χ1) is 9.90. The zero-order valence-electron chi connectivity index (χ0n) is 12.8. The molecule has 134 valence electrons. The highest BCUT2D eigenvalue weighted by atomic mass is 35.5. The van der Waals surface area contributed by atoms with E-state index >= 15 is 0 Å². The monoisotopic (exact) mass is 387 g/mol. The number of carbonyl (C=O) groups excluding carboxylic acids is 1. The van der Waals surface area contributed by atoms with Crippen LogP contribution in [0.4, 0.5) is 0 Å². The van der Waals surface area contributed by atoms with E-state index in [9.17, 15) is 13.2 Å². The number of rotatable bonds is 6. The summed E-state index contributed by atoms with van der Waals surface area (Å²) < 4.78 is 28.3. The number of halogens is 2. The van der Waals surface area contributed by atoms with Crippen molar-refractivity contribution in [1.29, 1.82) is 0 Å². The Hall–Kier alpha value is -0.840. The molecule has 1 saturated heterocycles. The van der Waals surface area contributed by atoms with Gasteiger partial charge < -0.3 is 15.6 Å². The maximum atomic E-state index is 12.2. The zero-order chi connectivity index (χ0) is 15.5. The highest BCUT2D eigenvalue weighted by Gasteiger charge is 2.19. The second-order valence-corrected chi connectivity index (χ2v) is 6.79. The van der Waals surface area contributed by atoms with Gasteiger partial charge in [-0.05, 0) is 6.07 Å². The first-order valence-corrected chi connectivity index (χ1v) is 8.27. The predicted molar refractivity (Wildman–Crippen MR) is 92.9 cm³/mol. The van der Waals surface area contributed by atoms with Crippen LogP contribution >= 0.6 is 24.8 Å². The molecule has 0 spiro atoms. The molecule has 0 radical (unpaired) electrons. The lowest BCUT2D eigenvalue weighted by Crippen LogP contribution is -2.46. The normalized spacial score (nSPS) is 15.5. The van der Waals surface area contributed by atoms with Crippen LogP contribution in [0.3, 0.4) is 0 Å². The van der Waals surface area contributed by atoms with Gasteiger partial charge in [0.15, 0.2) is 0 Å². The minimum atomic E-state index is -3.62. The molecule has 1 fully saturated rings. The van der Waals surface area contributed by atoms with Crippen molar-refractivity contribution in [1.82, 2.24) is 19.5 Å². The molecule has 0 saturated carbocycles. The van der Waals surface area contributed by atoms with Gasteiger partial charge in [-0.3, -0.25) is 9.69 Å². The molecule has 0 unspecified atom stereocenters. The number of piperazine rings is 1. The molecule has 1 aromatic rings. The standard InChI is InChI=1S/C12H21N5O3S.2ClH/c1-16-9-10(8-11(16)12(13)18)21(19,20)15-4-7-17-5-2-14-3-6-17;;/h8-9,14-15H,2-7H2,1H3,(H2,13,18);2*1H. The molecule has 0 atom stereocenters. The van der Waals surface area contributed by atoms with Crippen molar-refractivity contribution in [3.8, 4) is 0 Å². The second-order valence-electron chi connectivity index (χ2n) is 5.03. The Kier molecular flexibility index (Phi) is 9.11. The summed E-state index contributed by atoms with van der Waals surface area (Å²) in [4.78, 5) is 13.4. The van der Waals surface area contributed by atoms with E-state index in [1.807, 2.05) is 0 Å². The fraction of sp³-hybridized carbons (Fsp3) is 0.583. The molecule has 2 heterocycles. The topological polar surface area (TPSA) is 109 Å². The van der Waals surface area contributed by atoms with E-state index in [0.29, 0.717) is 13.1 Å². The number of aryl methyl sites for hydroxylation is 1. The molecule has 0 aliphatic carbocycles. The largest absolute Gasteiger partial charge is 0.364 e. The van der Waals surface area contributed by atoms with Gasteiger partial charge in [-0.2, -0.15) is 0 Å². The summed E-state index contributed by atoms with van der Waals surface area (Å²) in [5.74, 6) is -0.653. The van der Waals surface area contributed by atoms with Gasteiger partial charge in [0, 0.05) is 52.5 Å². The number of primary amides is 1. The average Bonchev–Trinajstić information content (AvgIpc) is 2.83. The molecule has 1 aliphatic heterocycles. The third-order valence-corrected chi connectivity index (χ3v) is 4.90. The summed E-state index contributed by atoms with van der Waals surface area (Å²) in [5, 5.41) is 3.24. The molecular formula is C12H23Cl2N5O3S. The molecule has 8 nitrogen and oxygen atoms in total. The molecular weight excluding hydrogens is 365 g/mol. The zero-order valence-corrected chi connectivity index (χ0v) is 15.3. The fourth-order valence-electron chi connectivity index (χ4n) is 2.28. The number of sulfonamides is 1. The Morgan fingerprint density at radius 1 is 1.35 bits per heavy atom. The Morgan fingerprint density at radius 3 is 2.48 bits per heavy atom. The van der Waals surface area contributed by atoms with E-state index in [2.05, 4.69) is 14.9 Å². The van der Waals surface area contributed by atoms with Gasteiger partial charge in [-0.15, -0.1) is 24.8 Å². The van der Waals surface area contributed by atoms with E-state index in [4.69, 9.17) is 5.73 Å². The number of nitrogens with two attached hydrogens (primary N) is 1. The lowest BCUT2D eigenvalue weighted by molar-refractivity contribution is 0.0992. The fourth-order valence-corrected chi connectivity index (χ4v) is 3.37. The van der Waals surface area contributed by atoms with Crippen LogP contribution in [-0.2, 0) is 17.1 Å². The number of hydrogen-bond donors (Lipinski definition) is 3. The van der Waals surface area contributed by atoms with Crippen LogP contribution in [0.15, 0.2) is 17.2 Å². The van der Waals surface area contributed by atoms with Crippen LogP contribution < -0.4 is 15.8 Å². The smallest absolute Gasteiger partial charge is 0.265 e. The quantitative estimate of drug-likeness (QED) is 0.588. The number of aromatic nitrogens is 1. The summed E-state index contributed by atoms with van der Waals surface area (Å²) in [5.41, 5.74) is 5.35. The van der Waals surface area contributed by atoms with Gasteiger partial charge in [-0.25, -0.2) is 13.1 Å². The minimum absolute atomic E-state index is 0. The van der Waals surface area contributed by atoms with Crippen molar-refractivity contribution in [3.05, 3.63) is 18.0 Å². The van der Waals surface area contributed by atoms with E-state index in [1.54, 1.807) is 7.05 Å². The minimum Gasteiger partial charge on any atom is -0.364 e. The summed E-state index contributed by atoms with van der Waals surface area (Å²) >= 11 is 0. The molecule has 1 amide bonds. The van der Waals surface area contributed by atoms with Gasteiger partial charge in [0.05, 0.1) is 0 Å². The molecule has 1 aromatic heterocycles. The van der Waals surface area contributed by atoms with Gasteiger partial charge >= 0.3 is 0 Å². The van der Waals surface area contributed by atoms with Crippen molar-refractivity contribution >= 4 is 40.7 Å². The summed E-state index contributed by atoms with van der Waals surface area (Å²) in [6.07, 6.45) is 1.38. The van der Waals surface area contributed by atoms with Crippen LogP contribution in [0.5, 0.6) is 0 Å².